The van der Waals surface area contributed by atoms with Crippen molar-refractivity contribution in [3.63, 3.8) is 0 Å². The van der Waals surface area contributed by atoms with Crippen LogP contribution in [0.3, 0.4) is 0 Å². The number of sulfone groups is 1. The van der Waals surface area contributed by atoms with Crippen molar-refractivity contribution in [1.82, 2.24) is 14.9 Å². The summed E-state index contributed by atoms with van der Waals surface area (Å²) in [5.74, 6) is 0.610. The van der Waals surface area contributed by atoms with Gasteiger partial charge in [-0.15, -0.1) is 0 Å². The molecule has 3 rings (SSSR count). The van der Waals surface area contributed by atoms with Crippen molar-refractivity contribution < 1.29 is 8.42 Å². The molecule has 1 fully saturated rings. The van der Waals surface area contributed by atoms with Crippen molar-refractivity contribution in [3.8, 4) is 0 Å². The lowest BCUT2D eigenvalue weighted by molar-refractivity contribution is 0.463. The fraction of sp³-hybridized carbons (Fsp3) is 0.462. The molecule has 0 bridgehead atoms. The summed E-state index contributed by atoms with van der Waals surface area (Å²) >= 11 is 0. The van der Waals surface area contributed by atoms with Crippen LogP contribution in [0.1, 0.15) is 18.4 Å². The van der Waals surface area contributed by atoms with Crippen molar-refractivity contribution in [2.45, 2.75) is 25.4 Å². The molecule has 1 aliphatic rings. The van der Waals surface area contributed by atoms with E-state index in [-0.39, 0.29) is 0 Å². The van der Waals surface area contributed by atoms with Crippen molar-refractivity contribution >= 4 is 15.4 Å². The molecule has 0 unspecified atom stereocenters. The summed E-state index contributed by atoms with van der Waals surface area (Å²) in [6, 6.07) is 6.27. The van der Waals surface area contributed by atoms with Gasteiger partial charge in [0.1, 0.15) is 9.84 Å². The highest BCUT2D eigenvalue weighted by Crippen LogP contribution is 2.14. The molecule has 102 valence electrons. The molecular weight excluding hydrogens is 262 g/mol. The number of fused-ring (bicyclic) bond motifs is 1. The van der Waals surface area contributed by atoms with Crippen molar-refractivity contribution in [3.05, 3.63) is 36.2 Å². The van der Waals surface area contributed by atoms with E-state index in [1.54, 1.807) is 0 Å². The molecule has 0 amide bonds. The fourth-order valence-electron chi connectivity index (χ4n) is 2.47. The number of nitrogens with one attached hydrogen (secondary N) is 1. The van der Waals surface area contributed by atoms with Crippen LogP contribution in [-0.2, 0) is 16.4 Å². The molecular formula is C13H17N3O2S. The van der Waals surface area contributed by atoms with Gasteiger partial charge in [0, 0.05) is 24.3 Å². The molecule has 1 saturated heterocycles. The number of hydrogen-bond donors (Lipinski definition) is 1. The van der Waals surface area contributed by atoms with E-state index in [0.717, 1.165) is 17.6 Å². The SMILES string of the molecule is O=S1(=O)CCC(NCc2cnn3ccccc23)CC1. The number of pyridine rings is 1. The van der Waals surface area contributed by atoms with Crippen LogP contribution < -0.4 is 5.32 Å². The monoisotopic (exact) mass is 279 g/mol. The van der Waals surface area contributed by atoms with E-state index in [0.29, 0.717) is 30.4 Å². The van der Waals surface area contributed by atoms with Crippen molar-refractivity contribution in [1.29, 1.82) is 0 Å². The van der Waals surface area contributed by atoms with E-state index in [2.05, 4.69) is 10.4 Å². The lowest BCUT2D eigenvalue weighted by atomic mass is 10.1. The Labute approximate surface area is 112 Å². The van der Waals surface area contributed by atoms with Crippen LogP contribution in [0.4, 0.5) is 0 Å². The minimum Gasteiger partial charge on any atom is -0.310 e. The zero-order chi connectivity index (χ0) is 13.3. The van der Waals surface area contributed by atoms with Crippen molar-refractivity contribution in [2.24, 2.45) is 0 Å². The van der Waals surface area contributed by atoms with Crippen LogP contribution >= 0.6 is 0 Å². The smallest absolute Gasteiger partial charge is 0.150 e. The lowest BCUT2D eigenvalue weighted by Crippen LogP contribution is -2.37. The summed E-state index contributed by atoms with van der Waals surface area (Å²) in [5.41, 5.74) is 2.24. The van der Waals surface area contributed by atoms with Gasteiger partial charge in [-0.2, -0.15) is 5.10 Å². The van der Waals surface area contributed by atoms with Gasteiger partial charge in [0.2, 0.25) is 0 Å². The molecule has 0 saturated carbocycles. The molecule has 0 atom stereocenters. The average molecular weight is 279 g/mol. The highest BCUT2D eigenvalue weighted by Gasteiger charge is 2.23. The second-order valence-electron chi connectivity index (χ2n) is 5.01. The third kappa shape index (κ3) is 2.79. The van der Waals surface area contributed by atoms with Gasteiger partial charge in [-0.3, -0.25) is 0 Å². The topological polar surface area (TPSA) is 63.5 Å². The summed E-state index contributed by atoms with van der Waals surface area (Å²) in [5, 5.41) is 7.72. The van der Waals surface area contributed by atoms with E-state index in [9.17, 15) is 8.42 Å². The minimum atomic E-state index is -2.78. The molecule has 6 heteroatoms. The van der Waals surface area contributed by atoms with Gasteiger partial charge in [-0.25, -0.2) is 12.9 Å². The normalized spacial score (nSPS) is 19.8. The standard InChI is InChI=1S/C13H17N3O2S/c17-19(18)7-4-12(5-8-19)14-9-11-10-15-16-6-2-1-3-13(11)16/h1-3,6,10,12,14H,4-5,7-9H2. The Bertz CT molecular complexity index is 664. The second-order valence-corrected chi connectivity index (χ2v) is 7.31. The van der Waals surface area contributed by atoms with E-state index >= 15 is 0 Å². The van der Waals surface area contributed by atoms with Gasteiger partial charge < -0.3 is 5.32 Å². The van der Waals surface area contributed by atoms with E-state index < -0.39 is 9.84 Å². The molecule has 3 heterocycles. The summed E-state index contributed by atoms with van der Waals surface area (Å²) in [4.78, 5) is 0. The number of hydrogen-bond acceptors (Lipinski definition) is 4. The van der Waals surface area contributed by atoms with Gasteiger partial charge in [0.25, 0.3) is 0 Å². The first kappa shape index (κ1) is 12.6. The molecule has 0 radical (unpaired) electrons. The van der Waals surface area contributed by atoms with Crippen LogP contribution in [0.2, 0.25) is 0 Å². The molecule has 0 aromatic carbocycles. The zero-order valence-electron chi connectivity index (χ0n) is 10.6. The molecule has 2 aromatic heterocycles. The van der Waals surface area contributed by atoms with Crippen LogP contribution in [0.25, 0.3) is 5.52 Å². The average Bonchev–Trinajstić information content (AvgIpc) is 2.81. The first-order chi connectivity index (χ1) is 9.14. The molecule has 19 heavy (non-hydrogen) atoms. The predicted molar refractivity (Wildman–Crippen MR) is 73.7 cm³/mol. The quantitative estimate of drug-likeness (QED) is 0.910. The third-order valence-corrected chi connectivity index (χ3v) is 5.36. The number of aromatic nitrogens is 2. The second kappa shape index (κ2) is 4.94. The van der Waals surface area contributed by atoms with Gasteiger partial charge in [-0.1, -0.05) is 6.07 Å². The van der Waals surface area contributed by atoms with E-state index in [1.165, 1.54) is 0 Å². The first-order valence-electron chi connectivity index (χ1n) is 6.49. The maximum absolute atomic E-state index is 11.4. The predicted octanol–water partition coefficient (Wildman–Crippen LogP) is 1.00. The fourth-order valence-corrected chi connectivity index (χ4v) is 3.96. The van der Waals surface area contributed by atoms with Gasteiger partial charge in [-0.05, 0) is 25.0 Å². The third-order valence-electron chi connectivity index (χ3n) is 3.64. The Balaban J connectivity index is 1.64. The zero-order valence-corrected chi connectivity index (χ0v) is 11.4. The van der Waals surface area contributed by atoms with Gasteiger partial charge in [0.05, 0.1) is 23.2 Å². The summed E-state index contributed by atoms with van der Waals surface area (Å²) < 4.78 is 24.6. The van der Waals surface area contributed by atoms with Gasteiger partial charge >= 0.3 is 0 Å². The Kier molecular flexibility index (Phi) is 3.28. The molecule has 0 spiro atoms. The maximum atomic E-state index is 11.4. The van der Waals surface area contributed by atoms with Crippen LogP contribution in [0, 0.1) is 0 Å². The van der Waals surface area contributed by atoms with Gasteiger partial charge in [0.15, 0.2) is 0 Å². The molecule has 5 nitrogen and oxygen atoms in total. The Morgan fingerprint density at radius 1 is 1.32 bits per heavy atom. The number of nitrogens with zero attached hydrogens (tertiary/aromatic N) is 2. The van der Waals surface area contributed by atoms with E-state index in [4.69, 9.17) is 0 Å². The maximum Gasteiger partial charge on any atom is 0.150 e. The highest BCUT2D eigenvalue weighted by atomic mass is 32.2. The molecule has 1 N–H and O–H groups in total. The minimum absolute atomic E-state index is 0.294. The number of rotatable bonds is 3. The summed E-state index contributed by atoms with van der Waals surface area (Å²) in [7, 11) is -2.78. The largest absolute Gasteiger partial charge is 0.310 e. The van der Waals surface area contributed by atoms with Crippen LogP contribution in [-0.4, -0.2) is 35.6 Å². The van der Waals surface area contributed by atoms with Crippen LogP contribution in [0.15, 0.2) is 30.6 Å². The summed E-state index contributed by atoms with van der Waals surface area (Å²) in [6.45, 7) is 0.734. The molecule has 0 aliphatic carbocycles. The van der Waals surface area contributed by atoms with Crippen molar-refractivity contribution in [2.75, 3.05) is 11.5 Å². The Morgan fingerprint density at radius 2 is 2.11 bits per heavy atom. The Morgan fingerprint density at radius 3 is 2.89 bits per heavy atom. The lowest BCUT2D eigenvalue weighted by Gasteiger charge is -2.22. The summed E-state index contributed by atoms with van der Waals surface area (Å²) in [6.07, 6.45) is 5.21. The van der Waals surface area contributed by atoms with Crippen LogP contribution in [0.5, 0.6) is 0 Å². The van der Waals surface area contributed by atoms with E-state index in [1.807, 2.05) is 35.1 Å². The molecule has 2 aromatic rings. The molecule has 1 aliphatic heterocycles. The Hall–Kier alpha value is -1.40. The first-order valence-corrected chi connectivity index (χ1v) is 8.31. The highest BCUT2D eigenvalue weighted by molar-refractivity contribution is 7.91.